The molecule has 4 heterocycles. The summed E-state index contributed by atoms with van der Waals surface area (Å²) in [4.78, 5) is 23.0. The minimum absolute atomic E-state index is 0.0527. The van der Waals surface area contributed by atoms with Gasteiger partial charge in [0.2, 0.25) is 5.88 Å². The Hall–Kier alpha value is -3.49. The molecule has 3 aromatic rings. The van der Waals surface area contributed by atoms with Gasteiger partial charge in [0, 0.05) is 24.9 Å². The number of nitrogens with zero attached hydrogens (tertiary/aromatic N) is 7. The fraction of sp³-hybridized carbons (Fsp3) is 0.478. The third-order valence-electron chi connectivity index (χ3n) is 5.91. The van der Waals surface area contributed by atoms with E-state index >= 15 is 0 Å². The van der Waals surface area contributed by atoms with Crippen molar-refractivity contribution in [3.8, 4) is 17.6 Å². The zero-order valence-electron chi connectivity index (χ0n) is 19.5. The Morgan fingerprint density at radius 1 is 1.23 bits per heavy atom. The van der Waals surface area contributed by atoms with Gasteiger partial charge < -0.3 is 19.1 Å². The van der Waals surface area contributed by atoms with Gasteiger partial charge in [-0.1, -0.05) is 16.8 Å². The second-order valence-corrected chi connectivity index (χ2v) is 10.1. The van der Waals surface area contributed by atoms with Gasteiger partial charge in [0.05, 0.1) is 35.6 Å². The van der Waals surface area contributed by atoms with Crippen molar-refractivity contribution in [3.05, 3.63) is 35.1 Å². The highest BCUT2D eigenvalue weighted by molar-refractivity contribution is 6.32. The van der Waals surface area contributed by atoms with Gasteiger partial charge in [-0.3, -0.25) is 0 Å². The molecule has 1 amide bonds. The van der Waals surface area contributed by atoms with E-state index in [-0.39, 0.29) is 24.0 Å². The Kier molecular flexibility index (Phi) is 5.94. The molecule has 0 spiro atoms. The molecular formula is C23H24ClN7O4. The van der Waals surface area contributed by atoms with Gasteiger partial charge in [-0.25, -0.2) is 9.78 Å². The van der Waals surface area contributed by atoms with E-state index in [1.165, 1.54) is 11.0 Å². The number of carbonyl (C=O) groups is 1. The number of ether oxygens (including phenoxy) is 3. The van der Waals surface area contributed by atoms with Crippen LogP contribution in [0.2, 0.25) is 5.02 Å². The van der Waals surface area contributed by atoms with Crippen LogP contribution in [-0.4, -0.2) is 74.0 Å². The van der Waals surface area contributed by atoms with Crippen molar-refractivity contribution in [1.82, 2.24) is 29.9 Å². The first kappa shape index (κ1) is 23.3. The van der Waals surface area contributed by atoms with Crippen LogP contribution in [0, 0.1) is 23.2 Å². The zero-order chi connectivity index (χ0) is 24.7. The SMILES string of the molecule is CC(C)(C)OC(=O)N1CC2COCC(C1)C2Oc1ncnc2c1nnn2-c1ccc(C#N)cc1Cl. The fourth-order valence-electron chi connectivity index (χ4n) is 4.42. The van der Waals surface area contributed by atoms with Crippen molar-refractivity contribution in [2.45, 2.75) is 32.5 Å². The van der Waals surface area contributed by atoms with Crippen LogP contribution in [0.1, 0.15) is 26.3 Å². The van der Waals surface area contributed by atoms with Gasteiger partial charge in [-0.15, -0.1) is 5.10 Å². The topological polar surface area (TPSA) is 128 Å². The van der Waals surface area contributed by atoms with Crippen molar-refractivity contribution in [3.63, 3.8) is 0 Å². The predicted octanol–water partition coefficient (Wildman–Crippen LogP) is 3.00. The smallest absolute Gasteiger partial charge is 0.410 e. The molecule has 0 radical (unpaired) electrons. The number of nitriles is 1. The Morgan fingerprint density at radius 3 is 2.63 bits per heavy atom. The lowest BCUT2D eigenvalue weighted by Crippen LogP contribution is -2.59. The summed E-state index contributed by atoms with van der Waals surface area (Å²) in [5, 5.41) is 17.9. The van der Waals surface area contributed by atoms with Gasteiger partial charge in [-0.05, 0) is 39.0 Å². The number of hydrogen-bond acceptors (Lipinski definition) is 9. The number of benzene rings is 1. The van der Waals surface area contributed by atoms with Crippen LogP contribution in [0.25, 0.3) is 16.9 Å². The molecule has 2 fully saturated rings. The van der Waals surface area contributed by atoms with Crippen molar-refractivity contribution >= 4 is 28.9 Å². The van der Waals surface area contributed by atoms with Crippen molar-refractivity contribution in [2.24, 2.45) is 11.8 Å². The van der Waals surface area contributed by atoms with Crippen molar-refractivity contribution in [2.75, 3.05) is 26.3 Å². The Balaban J connectivity index is 1.40. The molecule has 11 nitrogen and oxygen atoms in total. The number of amides is 1. The predicted molar refractivity (Wildman–Crippen MR) is 124 cm³/mol. The molecule has 5 rings (SSSR count). The molecule has 35 heavy (non-hydrogen) atoms. The van der Waals surface area contributed by atoms with Crippen LogP contribution < -0.4 is 4.74 Å². The monoisotopic (exact) mass is 497 g/mol. The maximum absolute atomic E-state index is 12.6. The molecular weight excluding hydrogens is 474 g/mol. The molecule has 2 atom stereocenters. The van der Waals surface area contributed by atoms with E-state index in [4.69, 9.17) is 31.1 Å². The largest absolute Gasteiger partial charge is 0.472 e. The molecule has 0 N–H and O–H groups in total. The molecule has 2 aromatic heterocycles. The summed E-state index contributed by atoms with van der Waals surface area (Å²) in [7, 11) is 0. The summed E-state index contributed by atoms with van der Waals surface area (Å²) in [6.45, 7) is 7.38. The van der Waals surface area contributed by atoms with E-state index in [1.54, 1.807) is 23.1 Å². The molecule has 2 aliphatic rings. The lowest BCUT2D eigenvalue weighted by molar-refractivity contribution is -0.112. The average molecular weight is 498 g/mol. The summed E-state index contributed by atoms with van der Waals surface area (Å²) in [6.07, 6.45) is 0.834. The van der Waals surface area contributed by atoms with E-state index < -0.39 is 5.60 Å². The van der Waals surface area contributed by atoms with Crippen LogP contribution in [0.15, 0.2) is 24.5 Å². The molecule has 2 aliphatic heterocycles. The summed E-state index contributed by atoms with van der Waals surface area (Å²) in [5.74, 6) is 0.199. The lowest BCUT2D eigenvalue weighted by Gasteiger charge is -2.46. The van der Waals surface area contributed by atoms with E-state index in [2.05, 4.69) is 26.3 Å². The Labute approximate surface area is 206 Å². The number of likely N-dealkylation sites (tertiary alicyclic amines) is 1. The van der Waals surface area contributed by atoms with Crippen LogP contribution in [0.4, 0.5) is 4.79 Å². The summed E-state index contributed by atoms with van der Waals surface area (Å²) in [5.41, 5.74) is 1.23. The highest BCUT2D eigenvalue weighted by Crippen LogP contribution is 2.34. The maximum Gasteiger partial charge on any atom is 0.410 e. The number of piperidine rings is 1. The molecule has 2 bridgehead atoms. The minimum Gasteiger partial charge on any atom is -0.472 e. The van der Waals surface area contributed by atoms with E-state index in [0.29, 0.717) is 59.6 Å². The molecule has 12 heteroatoms. The number of fused-ring (bicyclic) bond motifs is 3. The van der Waals surface area contributed by atoms with Gasteiger partial charge in [0.1, 0.15) is 18.0 Å². The molecule has 0 aliphatic carbocycles. The first-order valence-corrected chi connectivity index (χ1v) is 11.6. The van der Waals surface area contributed by atoms with Gasteiger partial charge in [0.15, 0.2) is 11.2 Å². The molecule has 2 unspecified atom stereocenters. The maximum atomic E-state index is 12.6. The summed E-state index contributed by atoms with van der Waals surface area (Å²) >= 11 is 6.37. The standard InChI is InChI=1S/C23H24ClN7O4/c1-23(2,3)35-22(32)30-8-14-10-33-11-15(9-30)19(14)34-21-18-20(26-12-27-21)31(29-28-18)17-5-4-13(7-25)6-16(17)24/h4-6,12,14-15,19H,8-11H2,1-3H3. The van der Waals surface area contributed by atoms with E-state index in [0.717, 1.165) is 0 Å². The van der Waals surface area contributed by atoms with Crippen LogP contribution in [-0.2, 0) is 9.47 Å². The highest BCUT2D eigenvalue weighted by atomic mass is 35.5. The van der Waals surface area contributed by atoms with E-state index in [1.807, 2.05) is 20.8 Å². The number of hydrogen-bond donors (Lipinski definition) is 0. The third kappa shape index (κ3) is 4.59. The molecule has 1 aromatic carbocycles. The van der Waals surface area contributed by atoms with Crippen LogP contribution >= 0.6 is 11.6 Å². The molecule has 0 saturated carbocycles. The first-order valence-electron chi connectivity index (χ1n) is 11.2. The molecule has 2 saturated heterocycles. The lowest BCUT2D eigenvalue weighted by atomic mass is 9.84. The van der Waals surface area contributed by atoms with Gasteiger partial charge >= 0.3 is 6.09 Å². The summed E-state index contributed by atoms with van der Waals surface area (Å²) < 4.78 is 19.2. The highest BCUT2D eigenvalue weighted by Gasteiger charge is 2.44. The average Bonchev–Trinajstić information content (AvgIpc) is 3.22. The number of aromatic nitrogens is 5. The fourth-order valence-corrected chi connectivity index (χ4v) is 4.68. The zero-order valence-corrected chi connectivity index (χ0v) is 20.3. The minimum atomic E-state index is -0.563. The normalized spacial score (nSPS) is 22.0. The third-order valence-corrected chi connectivity index (χ3v) is 6.21. The second-order valence-electron chi connectivity index (χ2n) is 9.66. The van der Waals surface area contributed by atoms with E-state index in [9.17, 15) is 4.79 Å². The van der Waals surface area contributed by atoms with Gasteiger partial charge in [0.25, 0.3) is 0 Å². The molecule has 182 valence electrons. The van der Waals surface area contributed by atoms with Gasteiger partial charge in [-0.2, -0.15) is 14.9 Å². The van der Waals surface area contributed by atoms with Crippen LogP contribution in [0.5, 0.6) is 5.88 Å². The number of rotatable bonds is 3. The van der Waals surface area contributed by atoms with Crippen LogP contribution in [0.3, 0.4) is 0 Å². The summed E-state index contributed by atoms with van der Waals surface area (Å²) in [6, 6.07) is 6.94. The first-order chi connectivity index (χ1) is 16.7. The second kappa shape index (κ2) is 8.94. The van der Waals surface area contributed by atoms with Crippen molar-refractivity contribution < 1.29 is 19.0 Å². The quantitative estimate of drug-likeness (QED) is 0.536. The Bertz CT molecular complexity index is 1300. The Morgan fingerprint density at radius 2 is 1.97 bits per heavy atom. The van der Waals surface area contributed by atoms with Crippen molar-refractivity contribution in [1.29, 1.82) is 5.26 Å². The number of carbonyl (C=O) groups excluding carboxylic acids is 1. The number of halogens is 1.